The summed E-state index contributed by atoms with van der Waals surface area (Å²) in [5.41, 5.74) is 2.55. The van der Waals surface area contributed by atoms with Gasteiger partial charge in [-0.05, 0) is 18.9 Å². The largest absolute Gasteiger partial charge is 0.341 e. The smallest absolute Gasteiger partial charge is 0.321 e. The molecule has 0 bridgehead atoms. The third-order valence-electron chi connectivity index (χ3n) is 3.99. The highest BCUT2D eigenvalue weighted by Crippen LogP contribution is 2.19. The number of nitrogens with one attached hydrogen (secondary N) is 2. The SMILES string of the molecule is CCCc1ccc([C@@H]([NH2+][C@@H](C)C(=O)NC(=O)NC)C(C)C)cc1. The third-order valence-corrected chi connectivity index (χ3v) is 3.99. The Morgan fingerprint density at radius 3 is 2.22 bits per heavy atom. The Bertz CT molecular complexity index is 512. The Morgan fingerprint density at radius 2 is 1.74 bits per heavy atom. The molecule has 0 spiro atoms. The number of hydrogen-bond donors (Lipinski definition) is 3. The lowest BCUT2D eigenvalue weighted by atomic mass is 9.94. The van der Waals surface area contributed by atoms with Crippen molar-refractivity contribution in [3.63, 3.8) is 0 Å². The predicted octanol–water partition coefficient (Wildman–Crippen LogP) is 1.74. The van der Waals surface area contributed by atoms with Gasteiger partial charge in [-0.1, -0.05) is 51.5 Å². The minimum absolute atomic E-state index is 0.177. The standard InChI is InChI=1S/C18H29N3O2/c1-6-7-14-8-10-15(11-9-14)16(12(2)3)20-13(4)17(22)21-18(23)19-5/h8-13,16,20H,6-7H2,1-5H3,(H2,19,21,22,23)/p+1/t13-,16-/m0/s1. The van der Waals surface area contributed by atoms with Crippen molar-refractivity contribution in [2.24, 2.45) is 5.92 Å². The van der Waals surface area contributed by atoms with Crippen molar-refractivity contribution in [3.8, 4) is 0 Å². The number of benzene rings is 1. The van der Waals surface area contributed by atoms with Crippen molar-refractivity contribution in [2.75, 3.05) is 7.05 Å². The van der Waals surface area contributed by atoms with Gasteiger partial charge in [0.2, 0.25) is 0 Å². The predicted molar refractivity (Wildman–Crippen MR) is 92.0 cm³/mol. The molecule has 5 nitrogen and oxygen atoms in total. The lowest BCUT2D eigenvalue weighted by Crippen LogP contribution is -2.93. The fourth-order valence-corrected chi connectivity index (χ4v) is 2.60. The van der Waals surface area contributed by atoms with E-state index in [4.69, 9.17) is 0 Å². The second kappa shape index (κ2) is 9.30. The molecule has 0 aliphatic rings. The summed E-state index contributed by atoms with van der Waals surface area (Å²) >= 11 is 0. The first kappa shape index (κ1) is 19.2. The first-order valence-electron chi connectivity index (χ1n) is 8.35. The van der Waals surface area contributed by atoms with Crippen molar-refractivity contribution in [3.05, 3.63) is 35.4 Å². The van der Waals surface area contributed by atoms with E-state index < -0.39 is 6.03 Å². The van der Waals surface area contributed by atoms with Crippen molar-refractivity contribution in [1.29, 1.82) is 0 Å². The van der Waals surface area contributed by atoms with Gasteiger partial charge in [-0.3, -0.25) is 10.1 Å². The lowest BCUT2D eigenvalue weighted by molar-refractivity contribution is -0.719. The van der Waals surface area contributed by atoms with Gasteiger partial charge in [0.1, 0.15) is 6.04 Å². The van der Waals surface area contributed by atoms with Crippen LogP contribution < -0.4 is 16.0 Å². The van der Waals surface area contributed by atoms with Crippen molar-refractivity contribution < 1.29 is 14.9 Å². The highest BCUT2D eigenvalue weighted by atomic mass is 16.2. The van der Waals surface area contributed by atoms with Crippen LogP contribution in [0.5, 0.6) is 0 Å². The van der Waals surface area contributed by atoms with E-state index in [2.05, 4.69) is 55.7 Å². The zero-order chi connectivity index (χ0) is 17.4. The van der Waals surface area contributed by atoms with Crippen molar-refractivity contribution in [2.45, 2.75) is 52.6 Å². The number of quaternary nitrogens is 1. The van der Waals surface area contributed by atoms with Gasteiger partial charge in [-0.25, -0.2) is 4.79 Å². The number of aryl methyl sites for hydroxylation is 1. The van der Waals surface area contributed by atoms with Crippen LogP contribution in [0.1, 0.15) is 51.3 Å². The Labute approximate surface area is 139 Å². The topological polar surface area (TPSA) is 74.8 Å². The molecule has 0 radical (unpaired) electrons. The first-order chi connectivity index (χ1) is 10.9. The summed E-state index contributed by atoms with van der Waals surface area (Å²) in [4.78, 5) is 23.3. The second-order valence-electron chi connectivity index (χ2n) is 6.31. The van der Waals surface area contributed by atoms with Crippen molar-refractivity contribution in [1.82, 2.24) is 10.6 Å². The minimum atomic E-state index is -0.472. The van der Waals surface area contributed by atoms with Gasteiger partial charge in [0.25, 0.3) is 5.91 Å². The quantitative estimate of drug-likeness (QED) is 0.716. The molecule has 2 atom stereocenters. The maximum absolute atomic E-state index is 12.0. The molecule has 0 aliphatic heterocycles. The zero-order valence-electron chi connectivity index (χ0n) is 14.8. The zero-order valence-corrected chi connectivity index (χ0v) is 14.8. The average molecular weight is 320 g/mol. The number of urea groups is 1. The molecule has 1 aromatic carbocycles. The molecule has 23 heavy (non-hydrogen) atoms. The molecule has 3 amide bonds. The van der Waals surface area contributed by atoms with E-state index in [0.717, 1.165) is 12.8 Å². The van der Waals surface area contributed by atoms with Crippen LogP contribution in [-0.4, -0.2) is 25.0 Å². The van der Waals surface area contributed by atoms with E-state index in [1.165, 1.54) is 18.2 Å². The average Bonchev–Trinajstić information content (AvgIpc) is 2.53. The van der Waals surface area contributed by atoms with Crippen molar-refractivity contribution >= 4 is 11.9 Å². The van der Waals surface area contributed by atoms with Crippen LogP contribution in [0.3, 0.4) is 0 Å². The Kier molecular flexibility index (Phi) is 7.75. The van der Waals surface area contributed by atoms with E-state index in [9.17, 15) is 9.59 Å². The third kappa shape index (κ3) is 6.02. The molecule has 0 unspecified atom stereocenters. The van der Waals surface area contributed by atoms with Crippen LogP contribution >= 0.6 is 0 Å². The fraction of sp³-hybridized carbons (Fsp3) is 0.556. The summed E-state index contributed by atoms with van der Waals surface area (Å²) in [6.07, 6.45) is 2.22. The molecular weight excluding hydrogens is 290 g/mol. The fourth-order valence-electron chi connectivity index (χ4n) is 2.60. The molecule has 4 N–H and O–H groups in total. The van der Waals surface area contributed by atoms with E-state index >= 15 is 0 Å². The van der Waals surface area contributed by atoms with Crippen LogP contribution in [0.25, 0.3) is 0 Å². The Hall–Kier alpha value is -1.88. The first-order valence-corrected chi connectivity index (χ1v) is 8.35. The molecule has 5 heteroatoms. The van der Waals surface area contributed by atoms with Gasteiger partial charge in [-0.15, -0.1) is 0 Å². The number of carbonyl (C=O) groups is 2. The summed E-state index contributed by atoms with van der Waals surface area (Å²) < 4.78 is 0. The van der Waals surface area contributed by atoms with Crippen LogP contribution in [0.2, 0.25) is 0 Å². The molecule has 0 heterocycles. The molecule has 0 saturated heterocycles. The van der Waals surface area contributed by atoms with E-state index in [1.54, 1.807) is 0 Å². The van der Waals surface area contributed by atoms with E-state index in [-0.39, 0.29) is 18.0 Å². The van der Waals surface area contributed by atoms with Gasteiger partial charge >= 0.3 is 6.03 Å². The molecule has 0 aromatic heterocycles. The summed E-state index contributed by atoms with van der Waals surface area (Å²) in [5.74, 6) is 0.0971. The molecule has 0 saturated carbocycles. The van der Waals surface area contributed by atoms with Gasteiger partial charge in [0.05, 0.1) is 0 Å². The van der Waals surface area contributed by atoms with Gasteiger partial charge < -0.3 is 10.6 Å². The number of carbonyl (C=O) groups excluding carboxylic acids is 2. The summed E-state index contributed by atoms with van der Waals surface area (Å²) in [6.45, 7) is 8.28. The maximum Gasteiger partial charge on any atom is 0.321 e. The number of hydrogen-bond acceptors (Lipinski definition) is 2. The minimum Gasteiger partial charge on any atom is -0.341 e. The number of imide groups is 1. The number of rotatable bonds is 7. The molecular formula is C18H30N3O2+. The molecule has 1 aromatic rings. The van der Waals surface area contributed by atoms with Gasteiger partial charge in [-0.2, -0.15) is 0 Å². The van der Waals surface area contributed by atoms with Crippen LogP contribution in [-0.2, 0) is 11.2 Å². The Balaban J connectivity index is 2.78. The van der Waals surface area contributed by atoms with Crippen LogP contribution in [0, 0.1) is 5.92 Å². The summed E-state index contributed by atoms with van der Waals surface area (Å²) in [7, 11) is 1.49. The lowest BCUT2D eigenvalue weighted by Gasteiger charge is -2.23. The molecule has 0 aliphatic carbocycles. The van der Waals surface area contributed by atoms with Gasteiger partial charge in [0.15, 0.2) is 6.04 Å². The van der Waals surface area contributed by atoms with E-state index in [1.807, 2.05) is 12.2 Å². The monoisotopic (exact) mass is 320 g/mol. The summed E-state index contributed by atoms with van der Waals surface area (Å²) in [5, 5.41) is 6.75. The highest BCUT2D eigenvalue weighted by Gasteiger charge is 2.26. The second-order valence-corrected chi connectivity index (χ2v) is 6.31. The normalized spacial score (nSPS) is 13.5. The Morgan fingerprint density at radius 1 is 1.13 bits per heavy atom. The van der Waals surface area contributed by atoms with Gasteiger partial charge in [0, 0.05) is 18.5 Å². The number of amides is 3. The van der Waals surface area contributed by atoms with Crippen LogP contribution in [0.4, 0.5) is 4.79 Å². The van der Waals surface area contributed by atoms with E-state index in [0.29, 0.717) is 5.92 Å². The van der Waals surface area contributed by atoms with Crippen LogP contribution in [0.15, 0.2) is 24.3 Å². The molecule has 1 rings (SSSR count). The molecule has 128 valence electrons. The molecule has 0 fully saturated rings. The number of nitrogens with two attached hydrogens (primary N) is 1. The maximum atomic E-state index is 12.0. The highest BCUT2D eigenvalue weighted by molar-refractivity contribution is 5.95. The summed E-state index contributed by atoms with van der Waals surface area (Å²) in [6, 6.07) is 7.99.